The van der Waals surface area contributed by atoms with Crippen molar-refractivity contribution in [1.82, 2.24) is 4.98 Å². The van der Waals surface area contributed by atoms with Gasteiger partial charge in [0, 0.05) is 0 Å². The SMILES string of the molecule is Oc1ccc(C(F)(F)F)nc1F. The van der Waals surface area contributed by atoms with E-state index in [2.05, 4.69) is 4.98 Å². The van der Waals surface area contributed by atoms with E-state index in [9.17, 15) is 17.6 Å². The Bertz CT molecular complexity index is 296. The fourth-order valence-electron chi connectivity index (χ4n) is 0.585. The molecule has 0 amide bonds. The summed E-state index contributed by atoms with van der Waals surface area (Å²) in [4.78, 5) is 2.50. The Morgan fingerprint density at radius 2 is 1.83 bits per heavy atom. The van der Waals surface area contributed by atoms with Crippen molar-refractivity contribution in [2.45, 2.75) is 6.18 Å². The van der Waals surface area contributed by atoms with Crippen LogP contribution < -0.4 is 0 Å². The van der Waals surface area contributed by atoms with Crippen LogP contribution in [0.25, 0.3) is 0 Å². The molecule has 0 aromatic carbocycles. The summed E-state index contributed by atoms with van der Waals surface area (Å²) in [6.45, 7) is 0. The zero-order valence-corrected chi connectivity index (χ0v) is 5.56. The number of hydrogen-bond acceptors (Lipinski definition) is 2. The summed E-state index contributed by atoms with van der Waals surface area (Å²) in [5, 5.41) is 8.50. The van der Waals surface area contributed by atoms with Crippen LogP contribution in [0.3, 0.4) is 0 Å². The van der Waals surface area contributed by atoms with E-state index in [0.29, 0.717) is 12.1 Å². The van der Waals surface area contributed by atoms with Gasteiger partial charge in [-0.15, -0.1) is 0 Å². The molecule has 0 aliphatic rings. The van der Waals surface area contributed by atoms with Crippen molar-refractivity contribution in [1.29, 1.82) is 0 Å². The Balaban J connectivity index is 3.14. The van der Waals surface area contributed by atoms with Crippen LogP contribution in [0.4, 0.5) is 17.6 Å². The molecule has 1 heterocycles. The maximum atomic E-state index is 12.2. The molecule has 1 aromatic rings. The van der Waals surface area contributed by atoms with E-state index in [1.807, 2.05) is 0 Å². The maximum Gasteiger partial charge on any atom is 0.433 e. The molecule has 0 unspecified atom stereocenters. The predicted molar refractivity (Wildman–Crippen MR) is 30.9 cm³/mol. The van der Waals surface area contributed by atoms with Crippen molar-refractivity contribution < 1.29 is 22.7 Å². The van der Waals surface area contributed by atoms with Gasteiger partial charge in [0.1, 0.15) is 5.69 Å². The molecule has 1 aromatic heterocycles. The molecule has 1 rings (SSSR count). The van der Waals surface area contributed by atoms with E-state index >= 15 is 0 Å². The molecule has 0 atom stereocenters. The molecular formula is C6H3F4NO. The minimum atomic E-state index is -4.69. The first kappa shape index (κ1) is 8.76. The average molecular weight is 181 g/mol. The molecule has 0 bridgehead atoms. The summed E-state index contributed by atoms with van der Waals surface area (Å²) < 4.78 is 47.6. The van der Waals surface area contributed by atoms with Gasteiger partial charge in [0.05, 0.1) is 0 Å². The normalized spacial score (nSPS) is 11.7. The van der Waals surface area contributed by atoms with Crippen LogP contribution in [0.1, 0.15) is 5.69 Å². The van der Waals surface area contributed by atoms with Gasteiger partial charge in [0.2, 0.25) is 0 Å². The Hall–Kier alpha value is -1.33. The number of nitrogens with zero attached hydrogens (tertiary/aromatic N) is 1. The number of aromatic nitrogens is 1. The summed E-state index contributed by atoms with van der Waals surface area (Å²) in [7, 11) is 0. The molecule has 0 spiro atoms. The van der Waals surface area contributed by atoms with Gasteiger partial charge in [-0.1, -0.05) is 0 Å². The summed E-state index contributed by atoms with van der Waals surface area (Å²) in [6.07, 6.45) is -4.69. The van der Waals surface area contributed by atoms with Gasteiger partial charge < -0.3 is 5.11 Å². The van der Waals surface area contributed by atoms with Crippen LogP contribution in [-0.4, -0.2) is 10.1 Å². The lowest BCUT2D eigenvalue weighted by Crippen LogP contribution is -2.08. The maximum absolute atomic E-state index is 12.2. The Morgan fingerprint density at radius 1 is 1.25 bits per heavy atom. The third-order valence-electron chi connectivity index (χ3n) is 1.12. The number of hydrogen-bond donors (Lipinski definition) is 1. The molecule has 1 N–H and O–H groups in total. The summed E-state index contributed by atoms with van der Waals surface area (Å²) in [5.41, 5.74) is -1.36. The minimum absolute atomic E-state index is 0.498. The van der Waals surface area contributed by atoms with E-state index in [-0.39, 0.29) is 0 Å². The van der Waals surface area contributed by atoms with Gasteiger partial charge in [0.25, 0.3) is 5.95 Å². The van der Waals surface area contributed by atoms with Crippen molar-refractivity contribution in [2.75, 3.05) is 0 Å². The molecule has 0 aliphatic carbocycles. The van der Waals surface area contributed by atoms with Gasteiger partial charge in [0.15, 0.2) is 5.75 Å². The lowest BCUT2D eigenvalue weighted by molar-refractivity contribution is -0.141. The lowest BCUT2D eigenvalue weighted by Gasteiger charge is -2.04. The molecule has 0 saturated heterocycles. The average Bonchev–Trinajstić information content (AvgIpc) is 1.92. The molecule has 2 nitrogen and oxygen atoms in total. The number of aromatic hydroxyl groups is 1. The fraction of sp³-hybridized carbons (Fsp3) is 0.167. The van der Waals surface area contributed by atoms with Crippen molar-refractivity contribution in [3.8, 4) is 5.75 Å². The number of alkyl halides is 3. The standard InChI is InChI=1S/C6H3F4NO/c7-5-3(12)1-2-4(11-5)6(8,9)10/h1-2,12H. The van der Waals surface area contributed by atoms with Crippen LogP contribution >= 0.6 is 0 Å². The second-order valence-electron chi connectivity index (χ2n) is 2.00. The molecule has 6 heteroatoms. The quantitative estimate of drug-likeness (QED) is 0.490. The first-order chi connectivity index (χ1) is 5.41. The summed E-state index contributed by atoms with van der Waals surface area (Å²) in [6, 6.07) is 1.10. The van der Waals surface area contributed by atoms with Crippen molar-refractivity contribution >= 4 is 0 Å². The lowest BCUT2D eigenvalue weighted by atomic mass is 10.3. The Kier molecular flexibility index (Phi) is 1.91. The summed E-state index contributed by atoms with van der Waals surface area (Å²) in [5.74, 6) is -2.42. The van der Waals surface area contributed by atoms with E-state index < -0.39 is 23.6 Å². The van der Waals surface area contributed by atoms with Crippen molar-refractivity contribution in [2.24, 2.45) is 0 Å². The molecular weight excluding hydrogens is 178 g/mol. The van der Waals surface area contributed by atoms with Crippen LogP contribution in [0.2, 0.25) is 0 Å². The van der Waals surface area contributed by atoms with E-state index in [0.717, 1.165) is 0 Å². The highest BCUT2D eigenvalue weighted by Gasteiger charge is 2.33. The molecule has 0 radical (unpaired) electrons. The van der Waals surface area contributed by atoms with E-state index in [1.54, 1.807) is 0 Å². The summed E-state index contributed by atoms with van der Waals surface area (Å²) >= 11 is 0. The third-order valence-corrected chi connectivity index (χ3v) is 1.12. The fourth-order valence-corrected chi connectivity index (χ4v) is 0.585. The van der Waals surface area contributed by atoms with Crippen LogP contribution in [0, 0.1) is 5.95 Å². The minimum Gasteiger partial charge on any atom is -0.504 e. The monoisotopic (exact) mass is 181 g/mol. The Morgan fingerprint density at radius 3 is 2.25 bits per heavy atom. The first-order valence-corrected chi connectivity index (χ1v) is 2.84. The third kappa shape index (κ3) is 1.63. The van der Waals surface area contributed by atoms with Crippen LogP contribution in [-0.2, 0) is 6.18 Å². The van der Waals surface area contributed by atoms with Gasteiger partial charge in [-0.2, -0.15) is 17.6 Å². The molecule has 0 saturated carbocycles. The largest absolute Gasteiger partial charge is 0.504 e. The number of pyridine rings is 1. The highest BCUT2D eigenvalue weighted by Crippen LogP contribution is 2.28. The van der Waals surface area contributed by atoms with Gasteiger partial charge >= 0.3 is 6.18 Å². The highest BCUT2D eigenvalue weighted by atomic mass is 19.4. The second kappa shape index (κ2) is 2.62. The van der Waals surface area contributed by atoms with Crippen molar-refractivity contribution in [3.63, 3.8) is 0 Å². The van der Waals surface area contributed by atoms with Crippen LogP contribution in [0.5, 0.6) is 5.75 Å². The highest BCUT2D eigenvalue weighted by molar-refractivity contribution is 5.21. The number of rotatable bonds is 0. The van der Waals surface area contributed by atoms with Gasteiger partial charge in [-0.3, -0.25) is 0 Å². The van der Waals surface area contributed by atoms with Crippen LogP contribution in [0.15, 0.2) is 12.1 Å². The van der Waals surface area contributed by atoms with Gasteiger partial charge in [-0.25, -0.2) is 4.98 Å². The number of halogens is 4. The van der Waals surface area contributed by atoms with E-state index in [1.165, 1.54) is 0 Å². The predicted octanol–water partition coefficient (Wildman–Crippen LogP) is 1.95. The molecule has 0 fully saturated rings. The van der Waals surface area contributed by atoms with Gasteiger partial charge in [-0.05, 0) is 12.1 Å². The first-order valence-electron chi connectivity index (χ1n) is 2.84. The Labute approximate surface area is 64.5 Å². The molecule has 0 aliphatic heterocycles. The zero-order valence-electron chi connectivity index (χ0n) is 5.56. The molecule has 12 heavy (non-hydrogen) atoms. The molecule has 66 valence electrons. The second-order valence-corrected chi connectivity index (χ2v) is 2.00. The van der Waals surface area contributed by atoms with Crippen molar-refractivity contribution in [3.05, 3.63) is 23.8 Å². The van der Waals surface area contributed by atoms with E-state index in [4.69, 9.17) is 5.11 Å². The smallest absolute Gasteiger partial charge is 0.433 e. The zero-order chi connectivity index (χ0) is 9.35. The topological polar surface area (TPSA) is 33.1 Å².